The Balaban J connectivity index is 2.16. The minimum absolute atomic E-state index is 0.0500. The lowest BCUT2D eigenvalue weighted by Crippen LogP contribution is -2.45. The lowest BCUT2D eigenvalue weighted by molar-refractivity contribution is -0.122. The third-order valence-corrected chi connectivity index (χ3v) is 4.72. The largest absolute Gasteiger partial charge is 0.353 e. The van der Waals surface area contributed by atoms with Gasteiger partial charge < -0.3 is 16.0 Å². The molecule has 0 aromatic rings. The van der Waals surface area contributed by atoms with Gasteiger partial charge in [0.1, 0.15) is 9.84 Å². The molecule has 1 rings (SSSR count). The molecule has 0 bridgehead atoms. The molecule has 1 aliphatic heterocycles. The van der Waals surface area contributed by atoms with E-state index in [1.807, 2.05) is 0 Å². The molecular weight excluding hydrogens is 278 g/mol. The van der Waals surface area contributed by atoms with Gasteiger partial charge >= 0.3 is 0 Å². The number of piperidine rings is 1. The van der Waals surface area contributed by atoms with Crippen molar-refractivity contribution >= 4 is 15.7 Å². The summed E-state index contributed by atoms with van der Waals surface area (Å²) in [6.07, 6.45) is 3.74. The third kappa shape index (κ3) is 7.21. The van der Waals surface area contributed by atoms with Crippen molar-refractivity contribution in [2.75, 3.05) is 38.2 Å². The number of nitrogens with one attached hydrogen (secondary N) is 1. The Kier molecular flexibility index (Phi) is 6.91. The maximum absolute atomic E-state index is 11.7. The van der Waals surface area contributed by atoms with Crippen LogP contribution in [-0.4, -0.2) is 63.5 Å². The topological polar surface area (TPSA) is 92.5 Å². The van der Waals surface area contributed by atoms with Gasteiger partial charge in [-0.15, -0.1) is 0 Å². The number of sulfone groups is 1. The van der Waals surface area contributed by atoms with E-state index in [0.717, 1.165) is 31.8 Å². The van der Waals surface area contributed by atoms with Crippen LogP contribution < -0.4 is 11.1 Å². The van der Waals surface area contributed by atoms with Gasteiger partial charge in [-0.05, 0) is 38.3 Å². The summed E-state index contributed by atoms with van der Waals surface area (Å²) < 4.78 is 22.0. The standard InChI is InChI=1S/C13H27N3O3S/c1-11-3-7-16(8-4-11)9-6-15-13(17)12(14)5-10-20(2,18)19/h11-12H,3-10,14H2,1-2H3,(H,15,17). The van der Waals surface area contributed by atoms with Gasteiger partial charge in [0.05, 0.1) is 11.8 Å². The van der Waals surface area contributed by atoms with E-state index in [9.17, 15) is 13.2 Å². The van der Waals surface area contributed by atoms with Gasteiger partial charge in [0.25, 0.3) is 0 Å². The summed E-state index contributed by atoms with van der Waals surface area (Å²) in [7, 11) is -3.06. The Bertz CT molecular complexity index is 403. The lowest BCUT2D eigenvalue weighted by Gasteiger charge is -2.30. The highest BCUT2D eigenvalue weighted by Gasteiger charge is 2.17. The molecular formula is C13H27N3O3S. The van der Waals surface area contributed by atoms with Crippen LogP contribution in [0.5, 0.6) is 0 Å². The van der Waals surface area contributed by atoms with Crippen molar-refractivity contribution in [3.8, 4) is 0 Å². The number of nitrogens with two attached hydrogens (primary N) is 1. The summed E-state index contributed by atoms with van der Waals surface area (Å²) in [5.74, 6) is 0.482. The Morgan fingerprint density at radius 3 is 2.55 bits per heavy atom. The molecule has 1 amide bonds. The molecule has 0 spiro atoms. The van der Waals surface area contributed by atoms with E-state index in [0.29, 0.717) is 6.54 Å². The first-order chi connectivity index (χ1) is 9.28. The third-order valence-electron chi connectivity index (χ3n) is 3.74. The molecule has 3 N–H and O–H groups in total. The fraction of sp³-hybridized carbons (Fsp3) is 0.923. The summed E-state index contributed by atoms with van der Waals surface area (Å²) in [4.78, 5) is 14.0. The van der Waals surface area contributed by atoms with Crippen molar-refractivity contribution in [3.63, 3.8) is 0 Å². The van der Waals surface area contributed by atoms with Crippen molar-refractivity contribution in [1.82, 2.24) is 10.2 Å². The number of hydrogen-bond donors (Lipinski definition) is 2. The Morgan fingerprint density at radius 1 is 1.40 bits per heavy atom. The van der Waals surface area contributed by atoms with Crippen LogP contribution in [0, 0.1) is 5.92 Å². The van der Waals surface area contributed by atoms with Crippen LogP contribution >= 0.6 is 0 Å². The van der Waals surface area contributed by atoms with E-state index >= 15 is 0 Å². The van der Waals surface area contributed by atoms with E-state index < -0.39 is 15.9 Å². The predicted octanol–water partition coefficient (Wildman–Crippen LogP) is -0.403. The molecule has 1 aliphatic rings. The quantitative estimate of drug-likeness (QED) is 0.667. The zero-order chi connectivity index (χ0) is 15.2. The summed E-state index contributed by atoms with van der Waals surface area (Å²) in [5, 5.41) is 2.78. The summed E-state index contributed by atoms with van der Waals surface area (Å²) in [5.41, 5.74) is 5.67. The second-order valence-corrected chi connectivity index (χ2v) is 8.10. The van der Waals surface area contributed by atoms with E-state index in [4.69, 9.17) is 5.73 Å². The number of likely N-dealkylation sites (tertiary alicyclic amines) is 1. The van der Waals surface area contributed by atoms with Gasteiger partial charge in [0.15, 0.2) is 0 Å². The van der Waals surface area contributed by atoms with Crippen molar-refractivity contribution in [2.45, 2.75) is 32.2 Å². The monoisotopic (exact) mass is 305 g/mol. The number of rotatable bonds is 7. The van der Waals surface area contributed by atoms with Gasteiger partial charge in [0, 0.05) is 19.3 Å². The second-order valence-electron chi connectivity index (χ2n) is 5.84. The van der Waals surface area contributed by atoms with Gasteiger partial charge in [0.2, 0.25) is 5.91 Å². The molecule has 0 aromatic heterocycles. The molecule has 1 unspecified atom stereocenters. The minimum atomic E-state index is -3.06. The molecule has 0 aromatic carbocycles. The molecule has 20 heavy (non-hydrogen) atoms. The van der Waals surface area contributed by atoms with Gasteiger partial charge in [-0.25, -0.2) is 8.42 Å². The molecule has 118 valence electrons. The first-order valence-electron chi connectivity index (χ1n) is 7.21. The molecule has 7 heteroatoms. The first-order valence-corrected chi connectivity index (χ1v) is 9.27. The number of nitrogens with zero attached hydrogens (tertiary/aromatic N) is 1. The van der Waals surface area contributed by atoms with Gasteiger partial charge in [-0.1, -0.05) is 6.92 Å². The number of hydrogen-bond acceptors (Lipinski definition) is 5. The Labute approximate surface area is 122 Å². The molecule has 0 saturated carbocycles. The molecule has 0 aliphatic carbocycles. The van der Waals surface area contributed by atoms with Crippen LogP contribution in [0.15, 0.2) is 0 Å². The minimum Gasteiger partial charge on any atom is -0.353 e. The van der Waals surface area contributed by atoms with Crippen molar-refractivity contribution in [3.05, 3.63) is 0 Å². The maximum atomic E-state index is 11.7. The highest BCUT2D eigenvalue weighted by molar-refractivity contribution is 7.90. The zero-order valence-corrected chi connectivity index (χ0v) is 13.3. The predicted molar refractivity (Wildman–Crippen MR) is 80.2 cm³/mol. The van der Waals surface area contributed by atoms with Crippen LogP contribution in [0.4, 0.5) is 0 Å². The van der Waals surface area contributed by atoms with Crippen LogP contribution in [0.2, 0.25) is 0 Å². The van der Waals surface area contributed by atoms with Crippen molar-refractivity contribution in [1.29, 1.82) is 0 Å². The van der Waals surface area contributed by atoms with Crippen LogP contribution in [0.25, 0.3) is 0 Å². The molecule has 0 radical (unpaired) electrons. The first kappa shape index (κ1) is 17.4. The molecule has 1 atom stereocenters. The zero-order valence-electron chi connectivity index (χ0n) is 12.5. The van der Waals surface area contributed by atoms with E-state index in [2.05, 4.69) is 17.1 Å². The highest BCUT2D eigenvalue weighted by atomic mass is 32.2. The van der Waals surface area contributed by atoms with Gasteiger partial charge in [-0.3, -0.25) is 4.79 Å². The van der Waals surface area contributed by atoms with Crippen molar-refractivity contribution in [2.24, 2.45) is 11.7 Å². The molecule has 1 heterocycles. The normalized spacial score (nSPS) is 19.8. The van der Waals surface area contributed by atoms with Crippen molar-refractivity contribution < 1.29 is 13.2 Å². The van der Waals surface area contributed by atoms with Crippen LogP contribution in [0.3, 0.4) is 0 Å². The van der Waals surface area contributed by atoms with E-state index in [1.54, 1.807) is 0 Å². The highest BCUT2D eigenvalue weighted by Crippen LogP contribution is 2.14. The molecule has 1 fully saturated rings. The average molecular weight is 305 g/mol. The smallest absolute Gasteiger partial charge is 0.236 e. The SMILES string of the molecule is CC1CCN(CCNC(=O)C(N)CCS(C)(=O)=O)CC1. The number of carbonyl (C=O) groups is 1. The summed E-state index contributed by atoms with van der Waals surface area (Å²) >= 11 is 0. The van der Waals surface area contributed by atoms with Crippen LogP contribution in [-0.2, 0) is 14.6 Å². The fourth-order valence-corrected chi connectivity index (χ4v) is 2.91. The summed E-state index contributed by atoms with van der Waals surface area (Å²) in [6.45, 7) is 5.82. The van der Waals surface area contributed by atoms with E-state index in [1.165, 1.54) is 12.8 Å². The second kappa shape index (κ2) is 7.95. The van der Waals surface area contributed by atoms with Crippen LogP contribution in [0.1, 0.15) is 26.2 Å². The lowest BCUT2D eigenvalue weighted by atomic mass is 9.99. The average Bonchev–Trinajstić information content (AvgIpc) is 2.37. The molecule has 1 saturated heterocycles. The summed E-state index contributed by atoms with van der Waals surface area (Å²) in [6, 6.07) is -0.744. The van der Waals surface area contributed by atoms with E-state index in [-0.39, 0.29) is 18.1 Å². The Morgan fingerprint density at radius 2 is 2.00 bits per heavy atom. The maximum Gasteiger partial charge on any atom is 0.236 e. The number of carbonyl (C=O) groups excluding carboxylic acids is 1. The Hall–Kier alpha value is -0.660. The number of amides is 1. The van der Waals surface area contributed by atoms with Gasteiger partial charge in [-0.2, -0.15) is 0 Å². The molecule has 6 nitrogen and oxygen atoms in total. The fourth-order valence-electron chi connectivity index (χ4n) is 2.23.